The Balaban J connectivity index is 1.76. The van der Waals surface area contributed by atoms with Crippen LogP contribution >= 0.6 is 23.2 Å². The number of benzene rings is 1. The zero-order valence-electron chi connectivity index (χ0n) is 16.0. The van der Waals surface area contributed by atoms with E-state index in [0.29, 0.717) is 11.4 Å². The summed E-state index contributed by atoms with van der Waals surface area (Å²) in [7, 11) is 0. The number of carbonyl (C=O) groups excluding carboxylic acids is 1. The average Bonchev–Trinajstić information content (AvgIpc) is 2.78. The molecule has 4 aromatic rings. The van der Waals surface area contributed by atoms with Crippen molar-refractivity contribution < 1.29 is 4.79 Å². The Labute approximate surface area is 185 Å². The lowest BCUT2D eigenvalue weighted by atomic mass is 10.3. The van der Waals surface area contributed by atoms with Gasteiger partial charge in [-0.25, -0.2) is 9.78 Å². The summed E-state index contributed by atoms with van der Waals surface area (Å²) in [4.78, 5) is 47.0. The summed E-state index contributed by atoms with van der Waals surface area (Å²) in [6, 6.07) is 13.2. The van der Waals surface area contributed by atoms with Crippen molar-refractivity contribution in [3.05, 3.63) is 97.5 Å². The van der Waals surface area contributed by atoms with Crippen molar-refractivity contribution in [1.29, 1.82) is 0 Å². The molecule has 31 heavy (non-hydrogen) atoms. The molecule has 0 bridgehead atoms. The van der Waals surface area contributed by atoms with Gasteiger partial charge in [0.2, 0.25) is 5.91 Å². The van der Waals surface area contributed by atoms with Gasteiger partial charge in [0.1, 0.15) is 6.54 Å². The number of pyridine rings is 2. The van der Waals surface area contributed by atoms with Gasteiger partial charge in [-0.2, -0.15) is 0 Å². The number of aromatic nitrogens is 4. The van der Waals surface area contributed by atoms with E-state index in [1.54, 1.807) is 54.7 Å². The van der Waals surface area contributed by atoms with Crippen LogP contribution in [0.1, 0.15) is 5.69 Å². The molecule has 0 spiro atoms. The molecular formula is C21H15Cl2N5O3. The molecule has 0 aliphatic heterocycles. The van der Waals surface area contributed by atoms with Gasteiger partial charge >= 0.3 is 5.69 Å². The number of rotatable bonds is 5. The Morgan fingerprint density at radius 1 is 0.935 bits per heavy atom. The molecule has 0 saturated carbocycles. The first kappa shape index (κ1) is 20.8. The minimum absolute atomic E-state index is 0.0488. The molecule has 1 aromatic carbocycles. The Bertz CT molecular complexity index is 1400. The van der Waals surface area contributed by atoms with Crippen LogP contribution in [-0.4, -0.2) is 25.0 Å². The molecule has 4 rings (SSSR count). The minimum atomic E-state index is -0.650. The van der Waals surface area contributed by atoms with Gasteiger partial charge in [0.15, 0.2) is 5.52 Å². The fourth-order valence-electron chi connectivity index (χ4n) is 3.12. The first-order chi connectivity index (χ1) is 15.0. The lowest BCUT2D eigenvalue weighted by Crippen LogP contribution is -2.42. The number of hydrogen-bond donors (Lipinski definition) is 1. The molecule has 156 valence electrons. The van der Waals surface area contributed by atoms with E-state index >= 15 is 0 Å². The number of hydrogen-bond acceptors (Lipinski definition) is 5. The number of amides is 1. The summed E-state index contributed by atoms with van der Waals surface area (Å²) in [6.07, 6.45) is 3.02. The van der Waals surface area contributed by atoms with Gasteiger partial charge in [0, 0.05) is 12.4 Å². The van der Waals surface area contributed by atoms with Crippen LogP contribution in [-0.2, 0) is 17.9 Å². The van der Waals surface area contributed by atoms with Gasteiger partial charge in [0.25, 0.3) is 5.56 Å². The van der Waals surface area contributed by atoms with E-state index in [1.807, 2.05) is 0 Å². The van der Waals surface area contributed by atoms with Crippen molar-refractivity contribution in [2.75, 3.05) is 5.32 Å². The number of carbonyl (C=O) groups is 1. The molecule has 0 radical (unpaired) electrons. The third-order valence-corrected chi connectivity index (χ3v) is 5.38. The van der Waals surface area contributed by atoms with E-state index in [1.165, 1.54) is 10.8 Å². The van der Waals surface area contributed by atoms with Crippen LogP contribution in [0.15, 0.2) is 70.5 Å². The maximum Gasteiger partial charge on any atom is 0.332 e. The topological polar surface area (TPSA) is 98.9 Å². The van der Waals surface area contributed by atoms with Crippen molar-refractivity contribution in [1.82, 2.24) is 19.1 Å². The number of anilines is 1. The van der Waals surface area contributed by atoms with E-state index in [2.05, 4.69) is 15.3 Å². The molecule has 10 heteroatoms. The Hall–Kier alpha value is -3.49. The van der Waals surface area contributed by atoms with Gasteiger partial charge in [0.05, 0.1) is 33.5 Å². The average molecular weight is 456 g/mol. The van der Waals surface area contributed by atoms with E-state index in [-0.39, 0.29) is 34.2 Å². The van der Waals surface area contributed by atoms with Crippen LogP contribution in [0.2, 0.25) is 10.0 Å². The lowest BCUT2D eigenvalue weighted by molar-refractivity contribution is -0.116. The van der Waals surface area contributed by atoms with Crippen LogP contribution in [0, 0.1) is 0 Å². The smallest absolute Gasteiger partial charge is 0.323 e. The third-order valence-electron chi connectivity index (χ3n) is 4.56. The summed E-state index contributed by atoms with van der Waals surface area (Å²) >= 11 is 12.1. The Morgan fingerprint density at radius 2 is 1.74 bits per heavy atom. The molecule has 8 nitrogen and oxygen atoms in total. The summed E-state index contributed by atoms with van der Waals surface area (Å²) in [6.45, 7) is -0.404. The van der Waals surface area contributed by atoms with Crippen LogP contribution in [0.4, 0.5) is 5.69 Å². The zero-order chi connectivity index (χ0) is 22.0. The van der Waals surface area contributed by atoms with Gasteiger partial charge in [-0.3, -0.25) is 23.7 Å². The minimum Gasteiger partial charge on any atom is -0.323 e. The second-order valence-electron chi connectivity index (χ2n) is 6.60. The maximum absolute atomic E-state index is 13.2. The first-order valence-electron chi connectivity index (χ1n) is 9.18. The number of nitrogens with one attached hydrogen (secondary N) is 1. The summed E-state index contributed by atoms with van der Waals surface area (Å²) in [5, 5.41) is 3.12. The van der Waals surface area contributed by atoms with Crippen molar-refractivity contribution in [2.24, 2.45) is 0 Å². The van der Waals surface area contributed by atoms with Crippen molar-refractivity contribution in [3.8, 4) is 0 Å². The first-order valence-corrected chi connectivity index (χ1v) is 9.93. The van der Waals surface area contributed by atoms with E-state index in [0.717, 1.165) is 4.57 Å². The quantitative estimate of drug-likeness (QED) is 0.498. The molecular weight excluding hydrogens is 441 g/mol. The van der Waals surface area contributed by atoms with Gasteiger partial charge in [-0.1, -0.05) is 35.3 Å². The highest BCUT2D eigenvalue weighted by atomic mass is 35.5. The largest absolute Gasteiger partial charge is 0.332 e. The van der Waals surface area contributed by atoms with Crippen molar-refractivity contribution in [2.45, 2.75) is 13.1 Å². The number of halogens is 2. The fourth-order valence-corrected chi connectivity index (χ4v) is 3.47. The van der Waals surface area contributed by atoms with Crippen LogP contribution in [0.3, 0.4) is 0 Å². The molecule has 3 heterocycles. The Morgan fingerprint density at radius 3 is 2.52 bits per heavy atom. The van der Waals surface area contributed by atoms with Gasteiger partial charge in [-0.05, 0) is 36.4 Å². The maximum atomic E-state index is 13.2. The highest BCUT2D eigenvalue weighted by molar-refractivity contribution is 6.43. The van der Waals surface area contributed by atoms with Gasteiger partial charge < -0.3 is 5.32 Å². The zero-order valence-corrected chi connectivity index (χ0v) is 17.5. The fraction of sp³-hybridized carbons (Fsp3) is 0.0952. The van der Waals surface area contributed by atoms with Crippen molar-refractivity contribution >= 4 is 45.8 Å². The molecule has 0 aliphatic carbocycles. The molecule has 0 fully saturated rings. The van der Waals surface area contributed by atoms with Crippen LogP contribution in [0.5, 0.6) is 0 Å². The van der Waals surface area contributed by atoms with Gasteiger partial charge in [-0.15, -0.1) is 0 Å². The molecule has 3 aromatic heterocycles. The van der Waals surface area contributed by atoms with Crippen molar-refractivity contribution in [3.63, 3.8) is 0 Å². The summed E-state index contributed by atoms with van der Waals surface area (Å²) < 4.78 is 2.21. The molecule has 1 amide bonds. The predicted molar refractivity (Wildman–Crippen MR) is 119 cm³/mol. The van der Waals surface area contributed by atoms with Crippen LogP contribution in [0.25, 0.3) is 11.0 Å². The standard InChI is InChI=1S/C21H15Cl2N5O3/c22-14-6-3-7-15(18(14)23)26-17(29)12-27-16-8-4-10-25-19(16)20(30)28(21(27)31)11-13-5-1-2-9-24-13/h1-10H,11-12H2,(H,26,29). The monoisotopic (exact) mass is 455 g/mol. The second-order valence-corrected chi connectivity index (χ2v) is 7.39. The molecule has 0 atom stereocenters. The number of fused-ring (bicyclic) bond motifs is 1. The van der Waals surface area contributed by atoms with E-state index < -0.39 is 17.2 Å². The highest BCUT2D eigenvalue weighted by Crippen LogP contribution is 2.29. The summed E-state index contributed by atoms with van der Waals surface area (Å²) in [5.74, 6) is -0.514. The molecule has 0 unspecified atom stereocenters. The van der Waals surface area contributed by atoms with Crippen LogP contribution < -0.4 is 16.6 Å². The van der Waals surface area contributed by atoms with E-state index in [9.17, 15) is 14.4 Å². The third kappa shape index (κ3) is 4.21. The second kappa shape index (κ2) is 8.71. The van der Waals surface area contributed by atoms with E-state index in [4.69, 9.17) is 23.2 Å². The predicted octanol–water partition coefficient (Wildman–Crippen LogP) is 2.95. The molecule has 0 saturated heterocycles. The SMILES string of the molecule is O=C(Cn1c(=O)n(Cc2ccccn2)c(=O)c2ncccc21)Nc1cccc(Cl)c1Cl. The Kier molecular flexibility index (Phi) is 5.83. The molecule has 1 N–H and O–H groups in total. The lowest BCUT2D eigenvalue weighted by Gasteiger charge is -2.14. The highest BCUT2D eigenvalue weighted by Gasteiger charge is 2.17. The normalized spacial score (nSPS) is 10.9. The summed E-state index contributed by atoms with van der Waals surface area (Å²) in [5.41, 5.74) is -0.0341. The number of nitrogens with zero attached hydrogens (tertiary/aromatic N) is 4. The molecule has 0 aliphatic rings.